The number of anilines is 1. The van der Waals surface area contributed by atoms with E-state index in [1.54, 1.807) is 6.92 Å². The Kier molecular flexibility index (Phi) is 6.92. The Hall–Kier alpha value is -3.43. The fourth-order valence-corrected chi connectivity index (χ4v) is 2.53. The number of non-ortho nitro benzene ring substituents is 1. The molecule has 0 aliphatic heterocycles. The van der Waals surface area contributed by atoms with Gasteiger partial charge in [-0.3, -0.25) is 19.7 Å². The number of ether oxygens (including phenoxy) is 1. The van der Waals surface area contributed by atoms with Crippen LogP contribution in [0.4, 0.5) is 24.5 Å². The standard InChI is InChI=1S/C19H17F3N2O5/c1-12(13-5-3-2-4-6-13)9-18(26)29-11-17(25)23-16-8-7-14(24(27)28)10-15(16)19(20,21)22/h2-8,10,12H,9,11H2,1H3,(H,23,25)/t12-/m1/s1. The minimum absolute atomic E-state index is 0.0113. The van der Waals surface area contributed by atoms with E-state index in [1.165, 1.54) is 0 Å². The first-order valence-corrected chi connectivity index (χ1v) is 8.44. The van der Waals surface area contributed by atoms with E-state index >= 15 is 0 Å². The van der Waals surface area contributed by atoms with Gasteiger partial charge in [0.1, 0.15) is 0 Å². The Bertz CT molecular complexity index is 900. The van der Waals surface area contributed by atoms with Crippen LogP contribution >= 0.6 is 0 Å². The molecule has 0 heterocycles. The van der Waals surface area contributed by atoms with E-state index < -0.39 is 46.5 Å². The molecule has 0 saturated heterocycles. The number of carbonyl (C=O) groups excluding carboxylic acids is 2. The van der Waals surface area contributed by atoms with Gasteiger partial charge in [-0.05, 0) is 17.5 Å². The van der Waals surface area contributed by atoms with Crippen LogP contribution in [0.1, 0.15) is 30.4 Å². The quantitative estimate of drug-likeness (QED) is 0.417. The molecule has 0 fully saturated rings. The molecule has 2 aromatic carbocycles. The van der Waals surface area contributed by atoms with Crippen molar-refractivity contribution in [3.8, 4) is 0 Å². The van der Waals surface area contributed by atoms with E-state index in [0.29, 0.717) is 6.07 Å². The van der Waals surface area contributed by atoms with Gasteiger partial charge in [-0.15, -0.1) is 0 Å². The average molecular weight is 410 g/mol. The van der Waals surface area contributed by atoms with Crippen molar-refractivity contribution in [2.24, 2.45) is 0 Å². The highest BCUT2D eigenvalue weighted by molar-refractivity contribution is 5.93. The van der Waals surface area contributed by atoms with Crippen LogP contribution in [0.3, 0.4) is 0 Å². The molecule has 0 aromatic heterocycles. The van der Waals surface area contributed by atoms with Crippen molar-refractivity contribution in [3.63, 3.8) is 0 Å². The predicted octanol–water partition coefficient (Wildman–Crippen LogP) is 4.29. The summed E-state index contributed by atoms with van der Waals surface area (Å²) in [5.74, 6) is -1.85. The Morgan fingerprint density at radius 1 is 1.17 bits per heavy atom. The lowest BCUT2D eigenvalue weighted by Crippen LogP contribution is -2.23. The molecule has 154 valence electrons. The Balaban J connectivity index is 1.97. The van der Waals surface area contributed by atoms with E-state index in [9.17, 15) is 32.9 Å². The number of halogens is 3. The summed E-state index contributed by atoms with van der Waals surface area (Å²) >= 11 is 0. The van der Waals surface area contributed by atoms with Crippen molar-refractivity contribution in [2.75, 3.05) is 11.9 Å². The van der Waals surface area contributed by atoms with Gasteiger partial charge in [-0.1, -0.05) is 37.3 Å². The second kappa shape index (κ2) is 9.18. The van der Waals surface area contributed by atoms with Gasteiger partial charge in [0.25, 0.3) is 11.6 Å². The average Bonchev–Trinajstić information content (AvgIpc) is 2.66. The normalized spacial score (nSPS) is 12.1. The SMILES string of the molecule is C[C@H](CC(=O)OCC(=O)Nc1ccc([N+](=O)[O-])cc1C(F)(F)F)c1ccccc1. The zero-order chi connectivity index (χ0) is 21.6. The largest absolute Gasteiger partial charge is 0.456 e. The first-order chi connectivity index (χ1) is 13.6. The lowest BCUT2D eigenvalue weighted by atomic mass is 9.98. The molecule has 0 radical (unpaired) electrons. The maximum absolute atomic E-state index is 13.1. The highest BCUT2D eigenvalue weighted by Crippen LogP contribution is 2.37. The molecule has 2 aromatic rings. The fraction of sp³-hybridized carbons (Fsp3) is 0.263. The van der Waals surface area contributed by atoms with Crippen LogP contribution in [-0.2, 0) is 20.5 Å². The number of nitro benzene ring substituents is 1. The van der Waals surface area contributed by atoms with Gasteiger partial charge < -0.3 is 10.1 Å². The Morgan fingerprint density at radius 3 is 2.41 bits per heavy atom. The molecule has 1 atom stereocenters. The summed E-state index contributed by atoms with van der Waals surface area (Å²) in [6.45, 7) is 1.01. The van der Waals surface area contributed by atoms with Crippen LogP contribution in [0, 0.1) is 10.1 Å². The van der Waals surface area contributed by atoms with Crippen molar-refractivity contribution in [1.82, 2.24) is 0 Å². The third kappa shape index (κ3) is 6.30. The predicted molar refractivity (Wildman–Crippen MR) is 97.2 cm³/mol. The number of benzene rings is 2. The topological polar surface area (TPSA) is 98.5 Å². The van der Waals surface area contributed by atoms with Gasteiger partial charge in [0, 0.05) is 12.1 Å². The number of amides is 1. The monoisotopic (exact) mass is 410 g/mol. The molecule has 0 unspecified atom stereocenters. The molecule has 10 heteroatoms. The molecular weight excluding hydrogens is 393 g/mol. The van der Waals surface area contributed by atoms with Crippen LogP contribution in [0.2, 0.25) is 0 Å². The molecule has 0 aliphatic carbocycles. The third-order valence-corrected chi connectivity index (χ3v) is 4.00. The van der Waals surface area contributed by atoms with Crippen LogP contribution in [0.15, 0.2) is 48.5 Å². The summed E-state index contributed by atoms with van der Waals surface area (Å²) in [6, 6.07) is 11.0. The summed E-state index contributed by atoms with van der Waals surface area (Å²) in [4.78, 5) is 33.5. The van der Waals surface area contributed by atoms with Gasteiger partial charge in [-0.2, -0.15) is 13.2 Å². The first-order valence-electron chi connectivity index (χ1n) is 8.44. The van der Waals surface area contributed by atoms with Crippen molar-refractivity contribution < 1.29 is 32.4 Å². The summed E-state index contributed by atoms with van der Waals surface area (Å²) in [7, 11) is 0. The van der Waals surface area contributed by atoms with Crippen molar-refractivity contribution >= 4 is 23.3 Å². The van der Waals surface area contributed by atoms with Crippen LogP contribution in [0.5, 0.6) is 0 Å². The number of carbonyl (C=O) groups is 2. The smallest absolute Gasteiger partial charge is 0.418 e. The number of nitro groups is 1. The Labute approximate surface area is 163 Å². The fourth-order valence-electron chi connectivity index (χ4n) is 2.53. The first kappa shape index (κ1) is 21.9. The number of esters is 1. The lowest BCUT2D eigenvalue weighted by molar-refractivity contribution is -0.385. The second-order valence-corrected chi connectivity index (χ2v) is 6.21. The molecule has 1 amide bonds. The maximum Gasteiger partial charge on any atom is 0.418 e. The Morgan fingerprint density at radius 2 is 1.83 bits per heavy atom. The number of hydrogen-bond donors (Lipinski definition) is 1. The zero-order valence-electron chi connectivity index (χ0n) is 15.2. The molecule has 0 saturated carbocycles. The van der Waals surface area contributed by atoms with Crippen molar-refractivity contribution in [3.05, 3.63) is 69.8 Å². The van der Waals surface area contributed by atoms with Gasteiger partial charge in [-0.25, -0.2) is 0 Å². The van der Waals surface area contributed by atoms with E-state index in [-0.39, 0.29) is 12.3 Å². The van der Waals surface area contributed by atoms with E-state index in [0.717, 1.165) is 17.7 Å². The lowest BCUT2D eigenvalue weighted by Gasteiger charge is -2.14. The van der Waals surface area contributed by atoms with Crippen LogP contribution in [-0.4, -0.2) is 23.4 Å². The van der Waals surface area contributed by atoms with Gasteiger partial charge in [0.05, 0.1) is 22.6 Å². The second-order valence-electron chi connectivity index (χ2n) is 6.21. The maximum atomic E-state index is 13.1. The molecule has 0 bridgehead atoms. The molecule has 0 spiro atoms. The molecule has 1 N–H and O–H groups in total. The number of hydrogen-bond acceptors (Lipinski definition) is 5. The number of alkyl halides is 3. The molecule has 0 aliphatic rings. The van der Waals surface area contributed by atoms with Gasteiger partial charge in [0.2, 0.25) is 0 Å². The molecule has 29 heavy (non-hydrogen) atoms. The van der Waals surface area contributed by atoms with E-state index in [4.69, 9.17) is 4.74 Å². The van der Waals surface area contributed by atoms with Crippen LogP contribution < -0.4 is 5.32 Å². The summed E-state index contributed by atoms with van der Waals surface area (Å²) in [6.07, 6.45) is -4.93. The molecule has 2 rings (SSSR count). The summed E-state index contributed by atoms with van der Waals surface area (Å²) < 4.78 is 44.1. The number of nitrogens with zero attached hydrogens (tertiary/aromatic N) is 1. The number of nitrogens with one attached hydrogen (secondary N) is 1. The zero-order valence-corrected chi connectivity index (χ0v) is 15.2. The van der Waals surface area contributed by atoms with E-state index in [1.807, 2.05) is 35.6 Å². The summed E-state index contributed by atoms with van der Waals surface area (Å²) in [5, 5.41) is 12.6. The number of rotatable bonds is 7. The molecule has 7 nitrogen and oxygen atoms in total. The molecular formula is C19H17F3N2O5. The van der Waals surface area contributed by atoms with Gasteiger partial charge in [0.15, 0.2) is 6.61 Å². The van der Waals surface area contributed by atoms with Crippen molar-refractivity contribution in [1.29, 1.82) is 0 Å². The minimum atomic E-state index is -4.92. The van der Waals surface area contributed by atoms with Crippen LogP contribution in [0.25, 0.3) is 0 Å². The minimum Gasteiger partial charge on any atom is -0.456 e. The highest BCUT2D eigenvalue weighted by Gasteiger charge is 2.35. The van der Waals surface area contributed by atoms with Crippen molar-refractivity contribution in [2.45, 2.75) is 25.4 Å². The third-order valence-electron chi connectivity index (χ3n) is 4.00. The van der Waals surface area contributed by atoms with Gasteiger partial charge >= 0.3 is 12.1 Å². The highest BCUT2D eigenvalue weighted by atomic mass is 19.4. The summed E-state index contributed by atoms with van der Waals surface area (Å²) in [5.41, 5.74) is -1.91. The van der Waals surface area contributed by atoms with E-state index in [2.05, 4.69) is 0 Å².